The van der Waals surface area contributed by atoms with E-state index in [4.69, 9.17) is 10.5 Å². The maximum absolute atomic E-state index is 10.7. The monoisotopic (exact) mass is 284 g/mol. The van der Waals surface area contributed by atoms with Crippen molar-refractivity contribution in [3.63, 3.8) is 0 Å². The Kier molecular flexibility index (Phi) is 3.63. The summed E-state index contributed by atoms with van der Waals surface area (Å²) in [6, 6.07) is 4.61. The lowest BCUT2D eigenvalue weighted by Gasteiger charge is -2.03. The molecule has 2 N–H and O–H groups in total. The summed E-state index contributed by atoms with van der Waals surface area (Å²) in [6.45, 7) is 0. The summed E-state index contributed by atoms with van der Waals surface area (Å²) in [5.41, 5.74) is 5.40. The van der Waals surface area contributed by atoms with Gasteiger partial charge in [-0.05, 0) is 6.07 Å². The van der Waals surface area contributed by atoms with E-state index in [9.17, 15) is 10.1 Å². The van der Waals surface area contributed by atoms with Gasteiger partial charge in [0.1, 0.15) is 0 Å². The lowest BCUT2D eigenvalue weighted by molar-refractivity contribution is -0.385. The first kappa shape index (κ1) is 12.6. The SMILES string of the molecule is COc1cc(Sc2nnc(N)s2)ccc1[N+](=O)[O-]. The fourth-order valence-corrected chi connectivity index (χ4v) is 2.87. The van der Waals surface area contributed by atoms with Gasteiger partial charge in [-0.3, -0.25) is 10.1 Å². The third-order valence-electron chi connectivity index (χ3n) is 1.98. The Morgan fingerprint density at radius 3 is 2.83 bits per heavy atom. The average molecular weight is 284 g/mol. The molecule has 1 heterocycles. The van der Waals surface area contributed by atoms with Gasteiger partial charge in [0.25, 0.3) is 0 Å². The van der Waals surface area contributed by atoms with Gasteiger partial charge in [0.15, 0.2) is 10.1 Å². The van der Waals surface area contributed by atoms with Gasteiger partial charge in [-0.2, -0.15) is 0 Å². The van der Waals surface area contributed by atoms with E-state index in [2.05, 4.69) is 10.2 Å². The van der Waals surface area contributed by atoms with Gasteiger partial charge in [-0.15, -0.1) is 10.2 Å². The summed E-state index contributed by atoms with van der Waals surface area (Å²) >= 11 is 2.57. The van der Waals surface area contributed by atoms with Crippen LogP contribution in [0, 0.1) is 10.1 Å². The van der Waals surface area contributed by atoms with E-state index in [1.807, 2.05) is 0 Å². The summed E-state index contributed by atoms with van der Waals surface area (Å²) in [7, 11) is 1.39. The molecule has 0 bridgehead atoms. The van der Waals surface area contributed by atoms with Crippen LogP contribution in [0.25, 0.3) is 0 Å². The number of aromatic nitrogens is 2. The largest absolute Gasteiger partial charge is 0.490 e. The zero-order chi connectivity index (χ0) is 13.1. The van der Waals surface area contributed by atoms with Gasteiger partial charge >= 0.3 is 5.69 Å². The number of rotatable bonds is 4. The van der Waals surface area contributed by atoms with Gasteiger partial charge < -0.3 is 10.5 Å². The normalized spacial score (nSPS) is 10.3. The van der Waals surface area contributed by atoms with Crippen molar-refractivity contribution in [3.05, 3.63) is 28.3 Å². The molecule has 7 nitrogen and oxygen atoms in total. The van der Waals surface area contributed by atoms with Crippen LogP contribution in [0.2, 0.25) is 0 Å². The Morgan fingerprint density at radius 1 is 1.50 bits per heavy atom. The summed E-state index contributed by atoms with van der Waals surface area (Å²) in [6.07, 6.45) is 0. The molecule has 1 aromatic carbocycles. The number of nitrogens with zero attached hydrogens (tertiary/aromatic N) is 3. The fraction of sp³-hybridized carbons (Fsp3) is 0.111. The van der Waals surface area contributed by atoms with Crippen LogP contribution in [0.5, 0.6) is 5.75 Å². The number of nitro benzene ring substituents is 1. The standard InChI is InChI=1S/C9H8N4O3S2/c1-16-7-4-5(2-3-6(7)13(14)15)17-9-12-11-8(10)18-9/h2-4H,1H3,(H2,10,11). The maximum atomic E-state index is 10.7. The molecule has 0 aliphatic heterocycles. The van der Waals surface area contributed by atoms with Crippen molar-refractivity contribution in [2.24, 2.45) is 0 Å². The van der Waals surface area contributed by atoms with Crippen molar-refractivity contribution >= 4 is 33.9 Å². The molecule has 9 heteroatoms. The number of hydrogen-bond acceptors (Lipinski definition) is 8. The van der Waals surface area contributed by atoms with Crippen molar-refractivity contribution in [1.29, 1.82) is 0 Å². The number of nitro groups is 1. The van der Waals surface area contributed by atoms with Crippen LogP contribution in [0.15, 0.2) is 27.4 Å². The second-order valence-electron chi connectivity index (χ2n) is 3.10. The molecule has 0 aliphatic carbocycles. The van der Waals surface area contributed by atoms with E-state index >= 15 is 0 Å². The highest BCUT2D eigenvalue weighted by atomic mass is 32.2. The minimum Gasteiger partial charge on any atom is -0.490 e. The molecular formula is C9H8N4O3S2. The summed E-state index contributed by atoms with van der Waals surface area (Å²) < 4.78 is 5.65. The van der Waals surface area contributed by atoms with E-state index in [0.717, 1.165) is 4.90 Å². The summed E-state index contributed by atoms with van der Waals surface area (Å²) in [5.74, 6) is 0.211. The molecule has 0 radical (unpaired) electrons. The summed E-state index contributed by atoms with van der Waals surface area (Å²) in [4.78, 5) is 11.0. The predicted octanol–water partition coefficient (Wildman–Crippen LogP) is 2.19. The molecule has 0 fully saturated rings. The first-order valence-corrected chi connectivity index (χ1v) is 6.32. The molecule has 0 atom stereocenters. The predicted molar refractivity (Wildman–Crippen MR) is 68.1 cm³/mol. The van der Waals surface area contributed by atoms with Crippen molar-refractivity contribution < 1.29 is 9.66 Å². The highest BCUT2D eigenvalue weighted by Crippen LogP contribution is 2.36. The van der Waals surface area contributed by atoms with Crippen LogP contribution in [0.1, 0.15) is 0 Å². The molecule has 1 aromatic heterocycles. The Bertz CT molecular complexity index is 587. The van der Waals surface area contributed by atoms with Gasteiger partial charge in [0, 0.05) is 17.0 Å². The molecule has 0 amide bonds. The van der Waals surface area contributed by atoms with Crippen molar-refractivity contribution in [3.8, 4) is 5.75 Å². The van der Waals surface area contributed by atoms with Crippen LogP contribution in [0.3, 0.4) is 0 Å². The van der Waals surface area contributed by atoms with Crippen LogP contribution < -0.4 is 10.5 Å². The van der Waals surface area contributed by atoms with E-state index in [-0.39, 0.29) is 11.4 Å². The third-order valence-corrected chi connectivity index (χ3v) is 3.77. The topological polar surface area (TPSA) is 104 Å². The van der Waals surface area contributed by atoms with Gasteiger partial charge in [-0.1, -0.05) is 23.1 Å². The van der Waals surface area contributed by atoms with Gasteiger partial charge in [0.2, 0.25) is 5.13 Å². The lowest BCUT2D eigenvalue weighted by Crippen LogP contribution is -1.93. The Balaban J connectivity index is 2.27. The van der Waals surface area contributed by atoms with Crippen molar-refractivity contribution in [2.75, 3.05) is 12.8 Å². The number of benzene rings is 1. The minimum absolute atomic E-state index is 0.0707. The Morgan fingerprint density at radius 2 is 2.28 bits per heavy atom. The lowest BCUT2D eigenvalue weighted by atomic mass is 10.3. The zero-order valence-electron chi connectivity index (χ0n) is 9.19. The van der Waals surface area contributed by atoms with Crippen LogP contribution in [0.4, 0.5) is 10.8 Å². The molecule has 0 spiro atoms. The molecule has 0 saturated carbocycles. The zero-order valence-corrected chi connectivity index (χ0v) is 10.8. The quantitative estimate of drug-likeness (QED) is 0.677. The number of nitrogens with two attached hydrogens (primary N) is 1. The first-order chi connectivity index (χ1) is 8.60. The molecule has 18 heavy (non-hydrogen) atoms. The number of nitrogen functional groups attached to an aromatic ring is 1. The number of hydrogen-bond donors (Lipinski definition) is 1. The van der Waals surface area contributed by atoms with Crippen LogP contribution in [-0.4, -0.2) is 22.2 Å². The molecule has 0 aliphatic rings. The number of ether oxygens (including phenoxy) is 1. The fourth-order valence-electron chi connectivity index (χ4n) is 1.23. The van der Waals surface area contributed by atoms with E-state index in [1.54, 1.807) is 12.1 Å². The highest BCUT2D eigenvalue weighted by molar-refractivity contribution is 8.01. The van der Waals surface area contributed by atoms with Gasteiger partial charge in [0.05, 0.1) is 12.0 Å². The van der Waals surface area contributed by atoms with Gasteiger partial charge in [-0.25, -0.2) is 0 Å². The minimum atomic E-state index is -0.490. The number of methoxy groups -OCH3 is 1. The maximum Gasteiger partial charge on any atom is 0.310 e. The Hall–Kier alpha value is -1.87. The summed E-state index contributed by atoms with van der Waals surface area (Å²) in [5, 5.41) is 18.7. The van der Waals surface area contributed by atoms with E-state index in [0.29, 0.717) is 9.47 Å². The molecule has 0 unspecified atom stereocenters. The average Bonchev–Trinajstić information content (AvgIpc) is 2.74. The second kappa shape index (κ2) is 5.19. The molecule has 2 aromatic rings. The molecule has 2 rings (SSSR count). The Labute approximate surface area is 110 Å². The van der Waals surface area contributed by atoms with Crippen molar-refractivity contribution in [1.82, 2.24) is 10.2 Å². The number of anilines is 1. The first-order valence-electron chi connectivity index (χ1n) is 4.69. The van der Waals surface area contributed by atoms with Crippen molar-refractivity contribution in [2.45, 2.75) is 9.24 Å². The molecular weight excluding hydrogens is 276 g/mol. The van der Waals surface area contributed by atoms with E-state index in [1.165, 1.54) is 36.3 Å². The highest BCUT2D eigenvalue weighted by Gasteiger charge is 2.15. The van der Waals surface area contributed by atoms with E-state index < -0.39 is 4.92 Å². The third kappa shape index (κ3) is 2.68. The van der Waals surface area contributed by atoms with Crippen LogP contribution >= 0.6 is 23.1 Å². The molecule has 94 valence electrons. The smallest absolute Gasteiger partial charge is 0.310 e. The second-order valence-corrected chi connectivity index (χ2v) is 5.43. The van der Waals surface area contributed by atoms with Crippen LogP contribution in [-0.2, 0) is 0 Å². The molecule has 0 saturated heterocycles.